The summed E-state index contributed by atoms with van der Waals surface area (Å²) in [7, 11) is 4.89. The van der Waals surface area contributed by atoms with Crippen molar-refractivity contribution in [2.24, 2.45) is 0 Å². The summed E-state index contributed by atoms with van der Waals surface area (Å²) < 4.78 is 20.5. The molecule has 0 bridgehead atoms. The highest BCUT2D eigenvalue weighted by molar-refractivity contribution is 6.27. The molecule has 0 unspecified atom stereocenters. The Morgan fingerprint density at radius 2 is 1.37 bits per heavy atom. The first kappa shape index (κ1) is 29.3. The summed E-state index contributed by atoms with van der Waals surface area (Å²) in [4.78, 5) is 53.3. The molecule has 0 amide bonds. The van der Waals surface area contributed by atoms with Gasteiger partial charge in [-0.2, -0.15) is 0 Å². The summed E-state index contributed by atoms with van der Waals surface area (Å²) in [6.45, 7) is 5.86. The Bertz CT molecular complexity index is 1580. The highest BCUT2D eigenvalue weighted by Gasteiger charge is 2.48. The molecule has 0 N–H and O–H groups in total. The Balaban J connectivity index is 2.31. The molecule has 3 aliphatic carbocycles. The lowest BCUT2D eigenvalue weighted by Gasteiger charge is -2.35. The minimum atomic E-state index is -0.931. The molecule has 0 fully saturated rings. The van der Waals surface area contributed by atoms with E-state index in [-0.39, 0.29) is 16.7 Å². The largest absolute Gasteiger partial charge is 0.466 e. The van der Waals surface area contributed by atoms with Gasteiger partial charge in [0.05, 0.1) is 45.2 Å². The Morgan fingerprint density at radius 1 is 0.732 bits per heavy atom. The molecular formula is C33H32O8. The number of rotatable bonds is 6. The second-order valence-electron chi connectivity index (χ2n) is 9.91. The molecule has 8 nitrogen and oxygen atoms in total. The first-order valence-electron chi connectivity index (χ1n) is 13.0. The van der Waals surface area contributed by atoms with Gasteiger partial charge in [0, 0.05) is 23.5 Å². The summed E-state index contributed by atoms with van der Waals surface area (Å²) in [6, 6.07) is 14.9. The number of methoxy groups -OCH3 is 4. The van der Waals surface area contributed by atoms with Gasteiger partial charge < -0.3 is 18.9 Å². The van der Waals surface area contributed by atoms with Crippen LogP contribution in [0.2, 0.25) is 0 Å². The number of hydrogen-bond donors (Lipinski definition) is 0. The van der Waals surface area contributed by atoms with E-state index in [1.54, 1.807) is 24.3 Å². The minimum absolute atomic E-state index is 0.00972. The number of aryl methyl sites for hydroxylation is 3. The third-order valence-corrected chi connectivity index (χ3v) is 7.50. The molecule has 0 spiro atoms. The van der Waals surface area contributed by atoms with Gasteiger partial charge in [-0.25, -0.2) is 19.2 Å². The van der Waals surface area contributed by atoms with Crippen LogP contribution >= 0.6 is 0 Å². The molecule has 4 rings (SSSR count). The van der Waals surface area contributed by atoms with Gasteiger partial charge in [0.15, 0.2) is 0 Å². The van der Waals surface area contributed by atoms with Crippen LogP contribution in [0.15, 0.2) is 65.8 Å². The van der Waals surface area contributed by atoms with Crippen LogP contribution < -0.4 is 0 Å². The maximum absolute atomic E-state index is 13.7. The third kappa shape index (κ3) is 5.13. The van der Waals surface area contributed by atoms with Crippen LogP contribution in [-0.4, -0.2) is 52.3 Å². The van der Waals surface area contributed by atoms with Gasteiger partial charge in [-0.3, -0.25) is 0 Å². The van der Waals surface area contributed by atoms with E-state index in [1.165, 1.54) is 28.4 Å². The molecule has 0 radical (unpaired) electrons. The number of benzene rings is 1. The van der Waals surface area contributed by atoms with Crippen LogP contribution in [0.4, 0.5) is 0 Å². The lowest BCUT2D eigenvalue weighted by atomic mass is 9.66. The first-order chi connectivity index (χ1) is 19.6. The standard InChI is InChI=1S/C33H32O8/c1-17-13-18(2)21-15-22-27(23(31(35)39-5)16-24(34)38-4)26(20-11-9-8-10-12-20)29(32(36)40-6)30(33(37)41-7)28(22)25(21)19(3)14-17/h8-16,26-27H,1-7H3/b23-16-/t26-,27-/m1/s1. The van der Waals surface area contributed by atoms with Crippen LogP contribution in [0.1, 0.15) is 45.2 Å². The van der Waals surface area contributed by atoms with E-state index in [0.717, 1.165) is 33.9 Å². The van der Waals surface area contributed by atoms with Crippen molar-refractivity contribution in [3.63, 3.8) is 0 Å². The Hall–Kier alpha value is -4.72. The zero-order valence-electron chi connectivity index (χ0n) is 24.1. The fraction of sp³-hybridized carbons (Fsp3) is 0.273. The monoisotopic (exact) mass is 556 g/mol. The van der Waals surface area contributed by atoms with Crippen molar-refractivity contribution >= 4 is 29.5 Å². The zero-order valence-corrected chi connectivity index (χ0v) is 24.1. The molecule has 0 heterocycles. The highest BCUT2D eigenvalue weighted by atomic mass is 16.5. The van der Waals surface area contributed by atoms with Gasteiger partial charge in [0.1, 0.15) is 0 Å². The fourth-order valence-corrected chi connectivity index (χ4v) is 5.92. The predicted molar refractivity (Wildman–Crippen MR) is 152 cm³/mol. The lowest BCUT2D eigenvalue weighted by molar-refractivity contribution is -0.139. The normalized spacial score (nSPS) is 16.6. The van der Waals surface area contributed by atoms with E-state index in [0.29, 0.717) is 16.7 Å². The third-order valence-electron chi connectivity index (χ3n) is 7.50. The molecule has 2 atom stereocenters. The number of carbonyl (C=O) groups is 4. The maximum Gasteiger partial charge on any atom is 0.339 e. The Labute approximate surface area is 238 Å². The average molecular weight is 557 g/mol. The molecule has 212 valence electrons. The summed E-state index contributed by atoms with van der Waals surface area (Å²) in [6.07, 6.45) is 1.08. The van der Waals surface area contributed by atoms with Crippen molar-refractivity contribution in [1.82, 2.24) is 0 Å². The summed E-state index contributed by atoms with van der Waals surface area (Å²) >= 11 is 0. The number of ether oxygens (including phenoxy) is 4. The van der Waals surface area contributed by atoms with Crippen molar-refractivity contribution in [1.29, 1.82) is 0 Å². The van der Waals surface area contributed by atoms with Gasteiger partial charge in [-0.1, -0.05) is 48.0 Å². The quantitative estimate of drug-likeness (QED) is 0.238. The molecule has 1 aromatic rings. The Morgan fingerprint density at radius 3 is 1.95 bits per heavy atom. The minimum Gasteiger partial charge on any atom is -0.466 e. The van der Waals surface area contributed by atoms with Crippen molar-refractivity contribution < 1.29 is 38.1 Å². The SMILES string of the molecule is COC(=O)/C=C(\C(=O)OC)[C@H]1c2cc3c(C)cc(C)cc(C)c-3c2C(C(=O)OC)=C(C(=O)OC)[C@@H]1c1ccccc1. The van der Waals surface area contributed by atoms with Gasteiger partial charge in [-0.05, 0) is 60.2 Å². The molecule has 0 saturated heterocycles. The van der Waals surface area contributed by atoms with Crippen molar-refractivity contribution in [2.45, 2.75) is 32.6 Å². The van der Waals surface area contributed by atoms with Crippen LogP contribution in [0.5, 0.6) is 0 Å². The molecular weight excluding hydrogens is 524 g/mol. The zero-order chi connectivity index (χ0) is 30.0. The average Bonchev–Trinajstić information content (AvgIpc) is 3.34. The van der Waals surface area contributed by atoms with Gasteiger partial charge in [-0.15, -0.1) is 0 Å². The highest BCUT2D eigenvalue weighted by Crippen LogP contribution is 2.56. The van der Waals surface area contributed by atoms with Crippen molar-refractivity contribution in [3.05, 3.63) is 99.1 Å². The van der Waals surface area contributed by atoms with E-state index in [9.17, 15) is 19.2 Å². The molecule has 3 aliphatic rings. The summed E-state index contributed by atoms with van der Waals surface area (Å²) in [5.74, 6) is -4.90. The smallest absolute Gasteiger partial charge is 0.339 e. The van der Waals surface area contributed by atoms with Gasteiger partial charge in [0.2, 0.25) is 0 Å². The van der Waals surface area contributed by atoms with E-state index < -0.39 is 35.7 Å². The van der Waals surface area contributed by atoms with Crippen LogP contribution in [0.25, 0.3) is 16.7 Å². The van der Waals surface area contributed by atoms with Crippen molar-refractivity contribution in [2.75, 3.05) is 28.4 Å². The van der Waals surface area contributed by atoms with Gasteiger partial charge in [0.25, 0.3) is 0 Å². The molecule has 1 aromatic carbocycles. The molecule has 8 heteroatoms. The van der Waals surface area contributed by atoms with Crippen LogP contribution in [0, 0.1) is 20.8 Å². The van der Waals surface area contributed by atoms with Crippen LogP contribution in [0.3, 0.4) is 0 Å². The topological polar surface area (TPSA) is 105 Å². The maximum atomic E-state index is 13.7. The van der Waals surface area contributed by atoms with Gasteiger partial charge >= 0.3 is 23.9 Å². The molecule has 0 aromatic heterocycles. The summed E-state index contributed by atoms with van der Waals surface area (Å²) in [5, 5.41) is 0. The number of esters is 4. The fourth-order valence-electron chi connectivity index (χ4n) is 5.92. The molecule has 0 saturated carbocycles. The molecule has 0 aliphatic heterocycles. The number of hydrogen-bond acceptors (Lipinski definition) is 8. The first-order valence-corrected chi connectivity index (χ1v) is 13.0. The molecule has 41 heavy (non-hydrogen) atoms. The van der Waals surface area contributed by atoms with E-state index in [1.807, 2.05) is 45.0 Å². The Kier molecular flexibility index (Phi) is 8.42. The van der Waals surface area contributed by atoms with E-state index in [4.69, 9.17) is 18.9 Å². The van der Waals surface area contributed by atoms with Crippen LogP contribution in [-0.2, 0) is 38.1 Å². The summed E-state index contributed by atoms with van der Waals surface area (Å²) in [5.41, 5.74) is 5.99. The van der Waals surface area contributed by atoms with E-state index in [2.05, 4.69) is 0 Å². The van der Waals surface area contributed by atoms with E-state index >= 15 is 0 Å². The second-order valence-corrected chi connectivity index (χ2v) is 9.91. The number of carbonyl (C=O) groups excluding carboxylic acids is 4. The second kappa shape index (κ2) is 11.8. The lowest BCUT2D eigenvalue weighted by Crippen LogP contribution is -2.31. The number of fused-ring (bicyclic) bond motifs is 3. The van der Waals surface area contributed by atoms with Crippen molar-refractivity contribution in [3.8, 4) is 11.1 Å². The predicted octanol–water partition coefficient (Wildman–Crippen LogP) is 4.97.